The second-order valence-corrected chi connectivity index (χ2v) is 2.43. The maximum atomic E-state index is 10.7. The van der Waals surface area contributed by atoms with E-state index in [1.165, 1.54) is 6.07 Å². The van der Waals surface area contributed by atoms with Crippen LogP contribution in [0.15, 0.2) is 10.7 Å². The smallest absolute Gasteiger partial charge is 0.285 e. The van der Waals surface area contributed by atoms with Gasteiger partial charge in [-0.25, -0.2) is 5.84 Å². The van der Waals surface area contributed by atoms with Crippen LogP contribution in [0.1, 0.15) is 10.5 Å². The second-order valence-electron chi connectivity index (χ2n) is 1.57. The largest absolute Gasteiger partial charge is 0.289 e. The Morgan fingerprint density at radius 1 is 1.90 bits per heavy atom. The van der Waals surface area contributed by atoms with Gasteiger partial charge in [0.05, 0.1) is 0 Å². The topological polar surface area (TPSA) is 83.8 Å². The lowest BCUT2D eigenvalue weighted by Gasteiger charge is -1.89. The summed E-state index contributed by atoms with van der Waals surface area (Å²) in [5.41, 5.74) is 2.21. The molecule has 0 radical (unpaired) electrons. The molecule has 1 aromatic heterocycles. The van der Waals surface area contributed by atoms with Crippen molar-refractivity contribution in [3.63, 3.8) is 0 Å². The Labute approximate surface area is 65.1 Å². The monoisotopic (exact) mass is 204 g/mol. The molecule has 1 heterocycles. The van der Waals surface area contributed by atoms with E-state index in [9.17, 15) is 4.79 Å². The Morgan fingerprint density at radius 2 is 2.60 bits per heavy atom. The van der Waals surface area contributed by atoms with E-state index in [1.807, 2.05) is 5.43 Å². The van der Waals surface area contributed by atoms with Crippen LogP contribution in [0.3, 0.4) is 0 Å². The van der Waals surface area contributed by atoms with E-state index in [0.29, 0.717) is 4.60 Å². The summed E-state index contributed by atoms with van der Waals surface area (Å²) in [5, 5.41) is 6.16. The minimum absolute atomic E-state index is 0.259. The molecule has 0 aliphatic heterocycles. The van der Waals surface area contributed by atoms with Crippen LogP contribution in [0.5, 0.6) is 0 Å². The number of nitrogens with two attached hydrogens (primary N) is 1. The Hall–Kier alpha value is -0.880. The lowest BCUT2D eigenvalue weighted by molar-refractivity contribution is 0.0948. The van der Waals surface area contributed by atoms with Crippen molar-refractivity contribution in [2.45, 2.75) is 0 Å². The van der Waals surface area contributed by atoms with Crippen LogP contribution < -0.4 is 11.3 Å². The fraction of sp³-hybridized carbons (Fsp3) is 0. The molecule has 1 amide bonds. The number of nitrogens with one attached hydrogen (secondary N) is 2. The van der Waals surface area contributed by atoms with Gasteiger partial charge in [0.1, 0.15) is 4.60 Å². The molecule has 0 saturated heterocycles. The summed E-state index contributed by atoms with van der Waals surface area (Å²) in [6.07, 6.45) is 0. The van der Waals surface area contributed by atoms with Crippen LogP contribution in [-0.4, -0.2) is 16.1 Å². The van der Waals surface area contributed by atoms with E-state index in [-0.39, 0.29) is 5.69 Å². The van der Waals surface area contributed by atoms with Gasteiger partial charge in [-0.2, -0.15) is 5.10 Å². The highest BCUT2D eigenvalue weighted by Crippen LogP contribution is 2.05. The molecule has 0 aromatic carbocycles. The third-order valence-electron chi connectivity index (χ3n) is 0.910. The Kier molecular flexibility index (Phi) is 2.03. The molecule has 5 nitrogen and oxygen atoms in total. The highest BCUT2D eigenvalue weighted by molar-refractivity contribution is 9.10. The number of aromatic amines is 1. The van der Waals surface area contributed by atoms with Crippen molar-refractivity contribution in [2.75, 3.05) is 0 Å². The highest BCUT2D eigenvalue weighted by Gasteiger charge is 2.05. The first kappa shape index (κ1) is 7.23. The van der Waals surface area contributed by atoms with Crippen LogP contribution in [0.4, 0.5) is 0 Å². The molecule has 6 heteroatoms. The van der Waals surface area contributed by atoms with Gasteiger partial charge < -0.3 is 0 Å². The average Bonchev–Trinajstić information content (AvgIpc) is 2.34. The molecule has 0 bridgehead atoms. The van der Waals surface area contributed by atoms with Crippen molar-refractivity contribution < 1.29 is 4.79 Å². The van der Waals surface area contributed by atoms with Crippen LogP contribution in [-0.2, 0) is 0 Å². The summed E-state index contributed by atoms with van der Waals surface area (Å²) in [5.74, 6) is 4.43. The molecule has 0 aliphatic carbocycles. The lowest BCUT2D eigenvalue weighted by atomic mass is 10.4. The number of carbonyl (C=O) groups is 1. The zero-order valence-corrected chi connectivity index (χ0v) is 6.47. The van der Waals surface area contributed by atoms with Crippen molar-refractivity contribution in [3.8, 4) is 0 Å². The molecular weight excluding hydrogens is 200 g/mol. The predicted molar refractivity (Wildman–Crippen MR) is 37.9 cm³/mol. The van der Waals surface area contributed by atoms with Crippen molar-refractivity contribution in [1.29, 1.82) is 0 Å². The van der Waals surface area contributed by atoms with Gasteiger partial charge in [0.25, 0.3) is 5.91 Å². The summed E-state index contributed by atoms with van der Waals surface area (Å²) in [6, 6.07) is 1.53. The van der Waals surface area contributed by atoms with Crippen LogP contribution >= 0.6 is 15.9 Å². The fourth-order valence-corrected chi connectivity index (χ4v) is 0.794. The first-order valence-corrected chi connectivity index (χ1v) is 3.25. The van der Waals surface area contributed by atoms with E-state index in [4.69, 9.17) is 5.84 Å². The maximum Gasteiger partial charge on any atom is 0.285 e. The van der Waals surface area contributed by atoms with E-state index >= 15 is 0 Å². The molecule has 10 heavy (non-hydrogen) atoms. The van der Waals surface area contributed by atoms with Gasteiger partial charge in [-0.15, -0.1) is 0 Å². The quantitative estimate of drug-likeness (QED) is 0.336. The van der Waals surface area contributed by atoms with E-state index in [1.54, 1.807) is 0 Å². The zero-order valence-electron chi connectivity index (χ0n) is 4.89. The molecule has 54 valence electrons. The number of hydrazine groups is 1. The van der Waals surface area contributed by atoms with Crippen LogP contribution in [0.2, 0.25) is 0 Å². The normalized spacial score (nSPS) is 9.40. The maximum absolute atomic E-state index is 10.7. The number of halogens is 1. The van der Waals surface area contributed by atoms with Crippen molar-refractivity contribution in [3.05, 3.63) is 16.4 Å². The van der Waals surface area contributed by atoms with Gasteiger partial charge in [-0.1, -0.05) is 0 Å². The zero-order chi connectivity index (χ0) is 7.56. The molecular formula is C4H5BrN4O. The van der Waals surface area contributed by atoms with Crippen molar-refractivity contribution in [2.24, 2.45) is 5.84 Å². The molecule has 0 saturated carbocycles. The van der Waals surface area contributed by atoms with Gasteiger partial charge in [-0.05, 0) is 15.9 Å². The summed E-state index contributed by atoms with van der Waals surface area (Å²) < 4.78 is 0.645. The Morgan fingerprint density at radius 3 is 3.00 bits per heavy atom. The summed E-state index contributed by atoms with van der Waals surface area (Å²) in [7, 11) is 0. The SMILES string of the molecule is NNC(=O)c1cc(Br)[nH]n1. The molecule has 4 N–H and O–H groups in total. The molecule has 1 aromatic rings. The highest BCUT2D eigenvalue weighted by atomic mass is 79.9. The summed E-state index contributed by atoms with van der Waals surface area (Å²) in [6.45, 7) is 0. The molecule has 1 rings (SSSR count). The van der Waals surface area contributed by atoms with Crippen molar-refractivity contribution >= 4 is 21.8 Å². The second kappa shape index (κ2) is 2.80. The molecule has 0 fully saturated rings. The molecule has 0 unspecified atom stereocenters. The lowest BCUT2D eigenvalue weighted by Crippen LogP contribution is -2.30. The third kappa shape index (κ3) is 1.34. The fourth-order valence-electron chi connectivity index (χ4n) is 0.488. The van der Waals surface area contributed by atoms with E-state index < -0.39 is 5.91 Å². The standard InChI is InChI=1S/C4H5BrN4O/c5-3-1-2(8-9-3)4(10)7-6/h1H,6H2,(H,7,10)(H,8,9). The molecule has 0 aliphatic rings. The van der Waals surface area contributed by atoms with E-state index in [2.05, 4.69) is 26.1 Å². The molecule has 0 atom stereocenters. The third-order valence-corrected chi connectivity index (χ3v) is 1.32. The van der Waals surface area contributed by atoms with Gasteiger partial charge in [0.15, 0.2) is 5.69 Å². The minimum atomic E-state index is -0.415. The van der Waals surface area contributed by atoms with Gasteiger partial charge in [0.2, 0.25) is 0 Å². The summed E-state index contributed by atoms with van der Waals surface area (Å²) in [4.78, 5) is 10.7. The minimum Gasteiger partial charge on any atom is -0.289 e. The number of hydrogen-bond acceptors (Lipinski definition) is 3. The number of rotatable bonds is 1. The number of hydrogen-bond donors (Lipinski definition) is 3. The van der Waals surface area contributed by atoms with Gasteiger partial charge in [-0.3, -0.25) is 15.3 Å². The number of nitrogens with zero attached hydrogens (tertiary/aromatic N) is 1. The van der Waals surface area contributed by atoms with Crippen LogP contribution in [0, 0.1) is 0 Å². The first-order chi connectivity index (χ1) is 4.74. The Bertz CT molecular complexity index is 245. The molecule has 0 spiro atoms. The van der Waals surface area contributed by atoms with Crippen LogP contribution in [0.25, 0.3) is 0 Å². The average molecular weight is 205 g/mol. The van der Waals surface area contributed by atoms with Gasteiger partial charge in [0, 0.05) is 6.07 Å². The van der Waals surface area contributed by atoms with Crippen molar-refractivity contribution in [1.82, 2.24) is 15.6 Å². The van der Waals surface area contributed by atoms with Gasteiger partial charge >= 0.3 is 0 Å². The Balaban J connectivity index is 2.85. The number of H-pyrrole nitrogens is 1. The number of amides is 1. The summed E-state index contributed by atoms with van der Waals surface area (Å²) >= 11 is 3.09. The number of carbonyl (C=O) groups excluding carboxylic acids is 1. The number of aromatic nitrogens is 2. The first-order valence-electron chi connectivity index (χ1n) is 2.46. The van der Waals surface area contributed by atoms with E-state index in [0.717, 1.165) is 0 Å². The number of nitrogen functional groups attached to an aromatic ring is 1. The predicted octanol–water partition coefficient (Wildman–Crippen LogP) is -0.224.